The molecule has 3 aliphatic rings. The highest BCUT2D eigenvalue weighted by Crippen LogP contribution is 2.30. The molecule has 4 rings (SSSR count). The molecule has 3 amide bonds. The van der Waals surface area contributed by atoms with Gasteiger partial charge in [0.25, 0.3) is 5.91 Å². The lowest BCUT2D eigenvalue weighted by atomic mass is 9.94. The maximum Gasteiger partial charge on any atom is 0.416 e. The SMILES string of the molecule is O=C(c1ccc(C(F)(F)F)cc1)N1CCCC(C(=O)N2CCC(N3CCCC3=O)CC2)C1. The number of amides is 3. The van der Waals surface area contributed by atoms with Crippen LogP contribution < -0.4 is 0 Å². The third kappa shape index (κ3) is 4.76. The van der Waals surface area contributed by atoms with E-state index in [-0.39, 0.29) is 41.8 Å². The summed E-state index contributed by atoms with van der Waals surface area (Å²) >= 11 is 0. The van der Waals surface area contributed by atoms with Crippen LogP contribution in [0.2, 0.25) is 0 Å². The van der Waals surface area contributed by atoms with Gasteiger partial charge in [-0.25, -0.2) is 0 Å². The predicted octanol–water partition coefficient (Wildman–Crippen LogP) is 3.17. The Labute approximate surface area is 185 Å². The van der Waals surface area contributed by atoms with Crippen molar-refractivity contribution in [2.75, 3.05) is 32.7 Å². The van der Waals surface area contributed by atoms with Gasteiger partial charge in [0.2, 0.25) is 11.8 Å². The first-order chi connectivity index (χ1) is 15.2. The molecule has 3 heterocycles. The minimum atomic E-state index is -4.44. The van der Waals surface area contributed by atoms with Crippen molar-refractivity contribution < 1.29 is 27.6 Å². The number of carbonyl (C=O) groups is 3. The maximum atomic E-state index is 13.1. The number of likely N-dealkylation sites (tertiary alicyclic amines) is 3. The standard InChI is InChI=1S/C23H28F3N3O3/c24-23(25,26)18-7-5-16(6-8-18)21(31)28-11-1-3-17(15-28)22(32)27-13-9-19(10-14-27)29-12-2-4-20(29)30/h5-8,17,19H,1-4,9-15H2. The van der Waals surface area contributed by atoms with Crippen molar-refractivity contribution in [3.8, 4) is 0 Å². The molecule has 9 heteroatoms. The lowest BCUT2D eigenvalue weighted by Gasteiger charge is -2.40. The number of halogens is 3. The number of hydrogen-bond donors (Lipinski definition) is 0. The van der Waals surface area contributed by atoms with Crippen LogP contribution in [-0.2, 0) is 15.8 Å². The second kappa shape index (κ2) is 9.11. The molecule has 32 heavy (non-hydrogen) atoms. The summed E-state index contributed by atoms with van der Waals surface area (Å²) in [5.41, 5.74) is -0.595. The zero-order chi connectivity index (χ0) is 22.9. The first kappa shape index (κ1) is 22.6. The summed E-state index contributed by atoms with van der Waals surface area (Å²) in [6, 6.07) is 4.42. The normalized spacial score (nSPS) is 23.0. The molecule has 174 valence electrons. The lowest BCUT2D eigenvalue weighted by Crippen LogP contribution is -2.51. The Kier molecular flexibility index (Phi) is 6.44. The van der Waals surface area contributed by atoms with Crippen molar-refractivity contribution in [1.29, 1.82) is 0 Å². The summed E-state index contributed by atoms with van der Waals surface area (Å²) < 4.78 is 38.3. The fourth-order valence-electron chi connectivity index (χ4n) is 5.06. The molecule has 3 fully saturated rings. The Hall–Kier alpha value is -2.58. The summed E-state index contributed by atoms with van der Waals surface area (Å²) in [7, 11) is 0. The van der Waals surface area contributed by atoms with E-state index in [1.54, 1.807) is 4.90 Å². The Morgan fingerprint density at radius 1 is 0.875 bits per heavy atom. The van der Waals surface area contributed by atoms with Crippen LogP contribution in [0.3, 0.4) is 0 Å². The van der Waals surface area contributed by atoms with Crippen LogP contribution in [0.15, 0.2) is 24.3 Å². The molecule has 0 aromatic heterocycles. The van der Waals surface area contributed by atoms with Crippen molar-refractivity contribution in [3.63, 3.8) is 0 Å². The molecule has 3 aliphatic heterocycles. The van der Waals surface area contributed by atoms with Crippen molar-refractivity contribution in [2.24, 2.45) is 5.92 Å². The number of nitrogens with zero attached hydrogens (tertiary/aromatic N) is 3. The van der Waals surface area contributed by atoms with Crippen molar-refractivity contribution in [2.45, 2.75) is 50.7 Å². The van der Waals surface area contributed by atoms with Crippen LogP contribution in [0.25, 0.3) is 0 Å². The zero-order valence-electron chi connectivity index (χ0n) is 17.9. The Morgan fingerprint density at radius 2 is 1.56 bits per heavy atom. The average Bonchev–Trinajstić information content (AvgIpc) is 3.23. The van der Waals surface area contributed by atoms with Crippen LogP contribution in [0, 0.1) is 5.92 Å². The van der Waals surface area contributed by atoms with Gasteiger partial charge in [-0.3, -0.25) is 14.4 Å². The topological polar surface area (TPSA) is 60.9 Å². The molecule has 1 aromatic rings. The third-order valence-electron chi connectivity index (χ3n) is 6.84. The molecule has 1 atom stereocenters. The highest BCUT2D eigenvalue weighted by atomic mass is 19.4. The Bertz CT molecular complexity index is 863. The van der Waals surface area contributed by atoms with Crippen molar-refractivity contribution in [1.82, 2.24) is 14.7 Å². The number of carbonyl (C=O) groups excluding carboxylic acids is 3. The van der Waals surface area contributed by atoms with Crippen molar-refractivity contribution >= 4 is 17.7 Å². The van der Waals surface area contributed by atoms with Crippen LogP contribution >= 0.6 is 0 Å². The summed E-state index contributed by atoms with van der Waals surface area (Å²) in [5.74, 6) is -0.407. The van der Waals surface area contributed by atoms with Gasteiger partial charge in [-0.2, -0.15) is 13.2 Å². The third-order valence-corrected chi connectivity index (χ3v) is 6.84. The molecular formula is C23H28F3N3O3. The summed E-state index contributed by atoms with van der Waals surface area (Å²) in [5, 5.41) is 0. The van der Waals surface area contributed by atoms with Gasteiger partial charge in [0, 0.05) is 50.7 Å². The van der Waals surface area contributed by atoms with E-state index in [1.165, 1.54) is 12.1 Å². The molecule has 6 nitrogen and oxygen atoms in total. The van der Waals surface area contributed by atoms with Gasteiger partial charge in [0.05, 0.1) is 11.5 Å². The van der Waals surface area contributed by atoms with E-state index in [9.17, 15) is 27.6 Å². The Balaban J connectivity index is 1.33. The van der Waals surface area contributed by atoms with Crippen molar-refractivity contribution in [3.05, 3.63) is 35.4 Å². The van der Waals surface area contributed by atoms with E-state index in [0.717, 1.165) is 37.9 Å². The second-order valence-corrected chi connectivity index (χ2v) is 8.91. The molecule has 0 bridgehead atoms. The fourth-order valence-corrected chi connectivity index (χ4v) is 5.06. The van der Waals surface area contributed by atoms with Gasteiger partial charge < -0.3 is 14.7 Å². The molecule has 3 saturated heterocycles. The fraction of sp³-hybridized carbons (Fsp3) is 0.609. The Morgan fingerprint density at radius 3 is 2.16 bits per heavy atom. The quantitative estimate of drug-likeness (QED) is 0.709. The first-order valence-electron chi connectivity index (χ1n) is 11.3. The number of piperidine rings is 2. The van der Waals surface area contributed by atoms with E-state index >= 15 is 0 Å². The zero-order valence-corrected chi connectivity index (χ0v) is 17.9. The van der Waals surface area contributed by atoms with Crippen LogP contribution in [-0.4, -0.2) is 71.2 Å². The summed E-state index contributed by atoms with van der Waals surface area (Å²) in [4.78, 5) is 43.2. The smallest absolute Gasteiger partial charge is 0.342 e. The number of benzene rings is 1. The molecule has 1 unspecified atom stereocenters. The van der Waals surface area contributed by atoms with Gasteiger partial charge in [-0.1, -0.05) is 0 Å². The van der Waals surface area contributed by atoms with E-state index in [2.05, 4.69) is 0 Å². The van der Waals surface area contributed by atoms with Crippen LogP contribution in [0.4, 0.5) is 13.2 Å². The minimum absolute atomic E-state index is 0.0288. The van der Waals surface area contributed by atoms with Gasteiger partial charge in [-0.15, -0.1) is 0 Å². The maximum absolute atomic E-state index is 13.1. The highest BCUT2D eigenvalue weighted by molar-refractivity contribution is 5.94. The molecule has 0 aliphatic carbocycles. The van der Waals surface area contributed by atoms with E-state index < -0.39 is 11.7 Å². The molecule has 0 spiro atoms. The van der Waals surface area contributed by atoms with Crippen LogP contribution in [0.5, 0.6) is 0 Å². The summed E-state index contributed by atoms with van der Waals surface area (Å²) in [6.45, 7) is 2.79. The second-order valence-electron chi connectivity index (χ2n) is 8.91. The lowest BCUT2D eigenvalue weighted by molar-refractivity contribution is -0.139. The number of rotatable bonds is 3. The largest absolute Gasteiger partial charge is 0.416 e. The average molecular weight is 451 g/mol. The molecular weight excluding hydrogens is 423 g/mol. The van der Waals surface area contributed by atoms with E-state index in [4.69, 9.17) is 0 Å². The predicted molar refractivity (Wildman–Crippen MR) is 111 cm³/mol. The van der Waals surface area contributed by atoms with Crippen LogP contribution in [0.1, 0.15) is 54.4 Å². The van der Waals surface area contributed by atoms with Gasteiger partial charge in [0.1, 0.15) is 0 Å². The molecule has 1 aromatic carbocycles. The first-order valence-corrected chi connectivity index (χ1v) is 11.3. The van der Waals surface area contributed by atoms with E-state index in [0.29, 0.717) is 38.9 Å². The van der Waals surface area contributed by atoms with Gasteiger partial charge in [0.15, 0.2) is 0 Å². The summed E-state index contributed by atoms with van der Waals surface area (Å²) in [6.07, 6.45) is 0.00504. The monoisotopic (exact) mass is 451 g/mol. The number of alkyl halides is 3. The highest BCUT2D eigenvalue weighted by Gasteiger charge is 2.36. The van der Waals surface area contributed by atoms with Gasteiger partial charge >= 0.3 is 6.18 Å². The molecule has 0 N–H and O–H groups in total. The minimum Gasteiger partial charge on any atom is -0.342 e. The number of hydrogen-bond acceptors (Lipinski definition) is 3. The molecule has 0 radical (unpaired) electrons. The molecule has 0 saturated carbocycles. The van der Waals surface area contributed by atoms with E-state index in [1.807, 2.05) is 9.80 Å². The van der Waals surface area contributed by atoms with Gasteiger partial charge in [-0.05, 0) is 56.4 Å².